The first-order chi connectivity index (χ1) is 13.1. The molecule has 3 amide bonds. The molecule has 0 bridgehead atoms. The van der Waals surface area contributed by atoms with Crippen LogP contribution in [0.2, 0.25) is 0 Å². The molecule has 1 saturated heterocycles. The van der Waals surface area contributed by atoms with Gasteiger partial charge in [-0.2, -0.15) is 0 Å². The summed E-state index contributed by atoms with van der Waals surface area (Å²) in [5.74, 6) is 0.222. The molecule has 1 aromatic carbocycles. The number of hydrogen-bond donors (Lipinski definition) is 3. The Morgan fingerprint density at radius 3 is 2.74 bits per heavy atom. The van der Waals surface area contributed by atoms with Crippen LogP contribution in [0.1, 0.15) is 36.0 Å². The van der Waals surface area contributed by atoms with E-state index < -0.39 is 0 Å². The monoisotopic (exact) mass is 373 g/mol. The van der Waals surface area contributed by atoms with E-state index in [1.807, 2.05) is 6.07 Å². The third-order valence-electron chi connectivity index (χ3n) is 5.49. The van der Waals surface area contributed by atoms with E-state index in [-0.39, 0.29) is 42.3 Å². The lowest BCUT2D eigenvalue weighted by Crippen LogP contribution is -2.56. The number of benzene rings is 1. The topological polar surface area (TPSA) is 96.5 Å². The fourth-order valence-electron chi connectivity index (χ4n) is 4.24. The lowest BCUT2D eigenvalue weighted by molar-refractivity contribution is -0.128. The van der Waals surface area contributed by atoms with E-state index in [2.05, 4.69) is 16.0 Å². The highest BCUT2D eigenvalue weighted by molar-refractivity contribution is 5.96. The summed E-state index contributed by atoms with van der Waals surface area (Å²) in [6.07, 6.45) is 3.04. The number of ether oxygens (including phenoxy) is 1. The van der Waals surface area contributed by atoms with Gasteiger partial charge in [0.25, 0.3) is 5.91 Å². The lowest BCUT2D eigenvalue weighted by Gasteiger charge is -2.43. The van der Waals surface area contributed by atoms with Crippen molar-refractivity contribution in [2.24, 2.45) is 11.8 Å². The standard InChI is InChI=1S/C20H27N3O4/c1-27-12-14-9-18(24)23-17-10-15(7-8-16(14)17)22-19(25)11-21-20(26)13-5-3-2-4-6-13/h2-6,14-17H,7-12H2,1H3,(H,21,26)(H,22,25)(H,23,24). The smallest absolute Gasteiger partial charge is 0.251 e. The minimum Gasteiger partial charge on any atom is -0.384 e. The summed E-state index contributed by atoms with van der Waals surface area (Å²) in [5.41, 5.74) is 0.528. The number of nitrogens with one attached hydrogen (secondary N) is 3. The second kappa shape index (κ2) is 8.99. The van der Waals surface area contributed by atoms with Gasteiger partial charge in [-0.3, -0.25) is 14.4 Å². The van der Waals surface area contributed by atoms with Gasteiger partial charge in [0, 0.05) is 37.8 Å². The summed E-state index contributed by atoms with van der Waals surface area (Å²) in [7, 11) is 1.66. The molecule has 7 nitrogen and oxygen atoms in total. The van der Waals surface area contributed by atoms with E-state index >= 15 is 0 Å². The van der Waals surface area contributed by atoms with E-state index in [9.17, 15) is 14.4 Å². The Balaban J connectivity index is 1.47. The minimum absolute atomic E-state index is 0.00831. The van der Waals surface area contributed by atoms with E-state index in [0.29, 0.717) is 24.5 Å². The molecule has 1 aliphatic carbocycles. The van der Waals surface area contributed by atoms with Crippen LogP contribution in [0.4, 0.5) is 0 Å². The highest BCUT2D eigenvalue weighted by atomic mass is 16.5. The van der Waals surface area contributed by atoms with Crippen LogP contribution < -0.4 is 16.0 Å². The van der Waals surface area contributed by atoms with E-state index in [1.54, 1.807) is 31.4 Å². The first-order valence-electron chi connectivity index (χ1n) is 9.47. The molecule has 2 fully saturated rings. The zero-order valence-electron chi connectivity index (χ0n) is 15.6. The van der Waals surface area contributed by atoms with Crippen molar-refractivity contribution in [3.63, 3.8) is 0 Å². The second-order valence-electron chi connectivity index (χ2n) is 7.38. The molecule has 0 spiro atoms. The molecule has 0 radical (unpaired) electrons. The molecule has 4 atom stereocenters. The third kappa shape index (κ3) is 5.07. The molecular formula is C20H27N3O4. The van der Waals surface area contributed by atoms with Crippen LogP contribution in [0.15, 0.2) is 30.3 Å². The van der Waals surface area contributed by atoms with Crippen LogP contribution in [0, 0.1) is 11.8 Å². The highest BCUT2D eigenvalue weighted by Gasteiger charge is 2.40. The largest absolute Gasteiger partial charge is 0.384 e. The van der Waals surface area contributed by atoms with Crippen molar-refractivity contribution in [3.8, 4) is 0 Å². The zero-order chi connectivity index (χ0) is 19.2. The SMILES string of the molecule is COCC1CC(=O)NC2CC(NC(=O)CNC(=O)c3ccccc3)CCC12. The van der Waals surface area contributed by atoms with Gasteiger partial charge in [-0.05, 0) is 43.2 Å². The first kappa shape index (κ1) is 19.4. The van der Waals surface area contributed by atoms with Crippen molar-refractivity contribution >= 4 is 17.7 Å². The predicted octanol–water partition coefficient (Wildman–Crippen LogP) is 0.852. The van der Waals surface area contributed by atoms with Gasteiger partial charge in [-0.25, -0.2) is 0 Å². The summed E-state index contributed by atoms with van der Waals surface area (Å²) < 4.78 is 5.27. The van der Waals surface area contributed by atoms with Gasteiger partial charge in [0.15, 0.2) is 0 Å². The molecule has 1 aromatic rings. The summed E-state index contributed by atoms with van der Waals surface area (Å²) >= 11 is 0. The van der Waals surface area contributed by atoms with Crippen molar-refractivity contribution in [2.75, 3.05) is 20.3 Å². The predicted molar refractivity (Wildman–Crippen MR) is 100.0 cm³/mol. The van der Waals surface area contributed by atoms with Crippen molar-refractivity contribution in [3.05, 3.63) is 35.9 Å². The molecule has 3 rings (SSSR count). The molecule has 27 heavy (non-hydrogen) atoms. The molecule has 0 aromatic heterocycles. The average Bonchev–Trinajstić information content (AvgIpc) is 2.66. The van der Waals surface area contributed by atoms with Gasteiger partial charge in [-0.1, -0.05) is 18.2 Å². The molecule has 4 unspecified atom stereocenters. The maximum absolute atomic E-state index is 12.2. The number of piperidine rings is 1. The summed E-state index contributed by atoms with van der Waals surface area (Å²) in [5, 5.41) is 8.69. The number of carbonyl (C=O) groups excluding carboxylic acids is 3. The van der Waals surface area contributed by atoms with Gasteiger partial charge < -0.3 is 20.7 Å². The quantitative estimate of drug-likeness (QED) is 0.689. The average molecular weight is 373 g/mol. The Bertz CT molecular complexity index is 679. The van der Waals surface area contributed by atoms with Crippen LogP contribution in [0.3, 0.4) is 0 Å². The third-order valence-corrected chi connectivity index (χ3v) is 5.49. The Morgan fingerprint density at radius 2 is 2.00 bits per heavy atom. The number of fused-ring (bicyclic) bond motifs is 1. The maximum Gasteiger partial charge on any atom is 0.251 e. The fraction of sp³-hybridized carbons (Fsp3) is 0.550. The Labute approximate surface area is 159 Å². The fourth-order valence-corrected chi connectivity index (χ4v) is 4.24. The molecule has 7 heteroatoms. The van der Waals surface area contributed by atoms with Gasteiger partial charge in [-0.15, -0.1) is 0 Å². The Hall–Kier alpha value is -2.41. The van der Waals surface area contributed by atoms with Crippen molar-refractivity contribution < 1.29 is 19.1 Å². The normalized spacial score (nSPS) is 27.2. The molecule has 1 aliphatic heterocycles. The lowest BCUT2D eigenvalue weighted by atomic mass is 9.71. The van der Waals surface area contributed by atoms with Crippen molar-refractivity contribution in [2.45, 2.75) is 37.8 Å². The molecule has 1 saturated carbocycles. The van der Waals surface area contributed by atoms with E-state index in [1.165, 1.54) is 0 Å². The Morgan fingerprint density at radius 1 is 1.22 bits per heavy atom. The second-order valence-corrected chi connectivity index (χ2v) is 7.38. The zero-order valence-corrected chi connectivity index (χ0v) is 15.6. The number of hydrogen-bond acceptors (Lipinski definition) is 4. The summed E-state index contributed by atoms with van der Waals surface area (Å²) in [4.78, 5) is 36.2. The summed E-state index contributed by atoms with van der Waals surface area (Å²) in [6.45, 7) is 0.536. The van der Waals surface area contributed by atoms with Crippen LogP contribution in [0.25, 0.3) is 0 Å². The van der Waals surface area contributed by atoms with Gasteiger partial charge >= 0.3 is 0 Å². The van der Waals surface area contributed by atoms with Crippen molar-refractivity contribution in [1.29, 1.82) is 0 Å². The summed E-state index contributed by atoms with van der Waals surface area (Å²) in [6, 6.07) is 8.89. The number of methoxy groups -OCH3 is 1. The number of amides is 3. The number of rotatable bonds is 6. The molecule has 2 aliphatic rings. The number of carbonyl (C=O) groups is 3. The van der Waals surface area contributed by atoms with Crippen LogP contribution in [-0.2, 0) is 14.3 Å². The molecule has 146 valence electrons. The van der Waals surface area contributed by atoms with Gasteiger partial charge in [0.05, 0.1) is 6.54 Å². The van der Waals surface area contributed by atoms with Gasteiger partial charge in [0.1, 0.15) is 0 Å². The maximum atomic E-state index is 12.2. The first-order valence-corrected chi connectivity index (χ1v) is 9.47. The van der Waals surface area contributed by atoms with Crippen LogP contribution in [-0.4, -0.2) is 50.1 Å². The molecular weight excluding hydrogens is 346 g/mol. The van der Waals surface area contributed by atoms with Crippen molar-refractivity contribution in [1.82, 2.24) is 16.0 Å². The van der Waals surface area contributed by atoms with Crippen LogP contribution in [0.5, 0.6) is 0 Å². The van der Waals surface area contributed by atoms with E-state index in [4.69, 9.17) is 4.74 Å². The van der Waals surface area contributed by atoms with E-state index in [0.717, 1.165) is 19.3 Å². The molecule has 3 N–H and O–H groups in total. The highest BCUT2D eigenvalue weighted by Crippen LogP contribution is 2.35. The molecule has 1 heterocycles. The van der Waals surface area contributed by atoms with Gasteiger partial charge in [0.2, 0.25) is 11.8 Å². The Kier molecular flexibility index (Phi) is 6.45. The minimum atomic E-state index is -0.267. The van der Waals surface area contributed by atoms with Crippen LogP contribution >= 0.6 is 0 Å².